The minimum Gasteiger partial charge on any atom is -0.464 e. The fraction of sp³-hybridized carbons (Fsp3) is 0.111. The quantitative estimate of drug-likeness (QED) is 0.597. The topological polar surface area (TPSA) is 13.1 Å². The van der Waals surface area contributed by atoms with Gasteiger partial charge in [-0.1, -0.05) is 0 Å². The maximum absolute atomic E-state index is 12.6. The predicted octanol–water partition coefficient (Wildman–Crippen LogP) is 3.59. The summed E-state index contributed by atoms with van der Waals surface area (Å²) in [6.45, 7) is 0. The number of furan rings is 1. The Morgan fingerprint density at radius 3 is 2.50 bits per heavy atom. The SMILES string of the molecule is Fc1ccc2c(C(F)(F)F)coc2c1. The molecular weight excluding hydrogens is 200 g/mol. The third-order valence-electron chi connectivity index (χ3n) is 1.84. The second-order valence-corrected chi connectivity index (χ2v) is 2.79. The van der Waals surface area contributed by atoms with Crippen LogP contribution in [-0.4, -0.2) is 0 Å². The normalized spacial score (nSPS) is 12.3. The molecule has 0 N–H and O–H groups in total. The van der Waals surface area contributed by atoms with Crippen LogP contribution < -0.4 is 0 Å². The van der Waals surface area contributed by atoms with E-state index in [1.165, 1.54) is 0 Å². The molecule has 0 spiro atoms. The highest BCUT2D eigenvalue weighted by molar-refractivity contribution is 5.81. The lowest BCUT2D eigenvalue weighted by molar-refractivity contribution is -0.136. The fourth-order valence-corrected chi connectivity index (χ4v) is 1.22. The van der Waals surface area contributed by atoms with E-state index in [1.54, 1.807) is 0 Å². The first-order valence-corrected chi connectivity index (χ1v) is 3.72. The van der Waals surface area contributed by atoms with Gasteiger partial charge in [-0.3, -0.25) is 0 Å². The molecule has 0 atom stereocenters. The van der Waals surface area contributed by atoms with Crippen LogP contribution in [0, 0.1) is 5.82 Å². The van der Waals surface area contributed by atoms with Gasteiger partial charge < -0.3 is 4.42 Å². The van der Waals surface area contributed by atoms with Crippen LogP contribution >= 0.6 is 0 Å². The van der Waals surface area contributed by atoms with E-state index in [0.29, 0.717) is 6.26 Å². The van der Waals surface area contributed by atoms with Crippen molar-refractivity contribution in [3.05, 3.63) is 35.8 Å². The molecule has 0 aliphatic rings. The summed E-state index contributed by atoms with van der Waals surface area (Å²) in [5.41, 5.74) is -0.982. The van der Waals surface area contributed by atoms with Gasteiger partial charge in [0.15, 0.2) is 0 Å². The minimum atomic E-state index is -4.47. The highest BCUT2D eigenvalue weighted by atomic mass is 19.4. The molecule has 1 nitrogen and oxygen atoms in total. The molecule has 0 bridgehead atoms. The van der Waals surface area contributed by atoms with Gasteiger partial charge in [0.1, 0.15) is 23.2 Å². The maximum atomic E-state index is 12.6. The zero-order chi connectivity index (χ0) is 10.3. The van der Waals surface area contributed by atoms with Crippen LogP contribution in [-0.2, 0) is 6.18 Å². The van der Waals surface area contributed by atoms with Crippen LogP contribution in [0.1, 0.15) is 5.56 Å². The first-order valence-electron chi connectivity index (χ1n) is 3.72. The summed E-state index contributed by atoms with van der Waals surface area (Å²) in [6, 6.07) is 2.94. The van der Waals surface area contributed by atoms with Crippen LogP contribution in [0.5, 0.6) is 0 Å². The first kappa shape index (κ1) is 9.05. The van der Waals surface area contributed by atoms with Crippen LogP contribution in [0.2, 0.25) is 0 Å². The second kappa shape index (κ2) is 2.73. The summed E-state index contributed by atoms with van der Waals surface area (Å²) in [6.07, 6.45) is -3.88. The molecule has 0 radical (unpaired) electrons. The molecule has 1 heterocycles. The number of benzene rings is 1. The number of rotatable bonds is 0. The molecule has 5 heteroatoms. The van der Waals surface area contributed by atoms with Gasteiger partial charge in [-0.2, -0.15) is 13.2 Å². The van der Waals surface area contributed by atoms with E-state index < -0.39 is 17.6 Å². The predicted molar refractivity (Wildman–Crippen MR) is 41.2 cm³/mol. The van der Waals surface area contributed by atoms with Crippen molar-refractivity contribution in [3.8, 4) is 0 Å². The van der Waals surface area contributed by atoms with E-state index in [-0.39, 0.29) is 11.0 Å². The van der Waals surface area contributed by atoms with Crippen LogP contribution in [0.25, 0.3) is 11.0 Å². The van der Waals surface area contributed by atoms with Crippen LogP contribution in [0.4, 0.5) is 17.6 Å². The monoisotopic (exact) mass is 204 g/mol. The lowest BCUT2D eigenvalue weighted by Gasteiger charge is -2.02. The summed E-state index contributed by atoms with van der Waals surface area (Å²) in [5, 5.41) is -0.126. The zero-order valence-electron chi connectivity index (χ0n) is 6.73. The number of halogens is 4. The fourth-order valence-electron chi connectivity index (χ4n) is 1.22. The van der Waals surface area contributed by atoms with Crippen molar-refractivity contribution in [1.82, 2.24) is 0 Å². The van der Waals surface area contributed by atoms with Gasteiger partial charge >= 0.3 is 6.18 Å². The Hall–Kier alpha value is -1.52. The molecule has 1 aromatic carbocycles. The molecule has 0 aliphatic carbocycles. The van der Waals surface area contributed by atoms with Gasteiger partial charge in [0, 0.05) is 11.5 Å². The van der Waals surface area contributed by atoms with E-state index in [9.17, 15) is 17.6 Å². The van der Waals surface area contributed by atoms with E-state index in [4.69, 9.17) is 0 Å². The molecule has 1 aromatic heterocycles. The summed E-state index contributed by atoms with van der Waals surface area (Å²) in [7, 11) is 0. The Bertz CT molecular complexity index is 469. The largest absolute Gasteiger partial charge is 0.464 e. The van der Waals surface area contributed by atoms with Crippen molar-refractivity contribution < 1.29 is 22.0 Å². The second-order valence-electron chi connectivity index (χ2n) is 2.79. The van der Waals surface area contributed by atoms with Gasteiger partial charge in [-0.25, -0.2) is 4.39 Å². The molecule has 0 saturated heterocycles. The first-order chi connectivity index (χ1) is 6.48. The van der Waals surface area contributed by atoms with Gasteiger partial charge in [-0.15, -0.1) is 0 Å². The van der Waals surface area contributed by atoms with Gasteiger partial charge in [0.25, 0.3) is 0 Å². The number of fused-ring (bicyclic) bond motifs is 1. The van der Waals surface area contributed by atoms with Crippen molar-refractivity contribution in [1.29, 1.82) is 0 Å². The number of alkyl halides is 3. The summed E-state index contributed by atoms with van der Waals surface area (Å²) in [4.78, 5) is 0. The van der Waals surface area contributed by atoms with Crippen molar-refractivity contribution in [2.24, 2.45) is 0 Å². The zero-order valence-corrected chi connectivity index (χ0v) is 6.73. The molecule has 2 rings (SSSR count). The third-order valence-corrected chi connectivity index (χ3v) is 1.84. The van der Waals surface area contributed by atoms with Gasteiger partial charge in [0.05, 0.1) is 0 Å². The number of hydrogen-bond acceptors (Lipinski definition) is 1. The molecule has 0 aliphatic heterocycles. The Morgan fingerprint density at radius 1 is 1.14 bits per heavy atom. The van der Waals surface area contributed by atoms with Crippen molar-refractivity contribution >= 4 is 11.0 Å². The molecule has 0 fully saturated rings. The molecule has 0 saturated carbocycles. The average Bonchev–Trinajstić information content (AvgIpc) is 2.45. The van der Waals surface area contributed by atoms with Gasteiger partial charge in [-0.05, 0) is 12.1 Å². The summed E-state index contributed by atoms with van der Waals surface area (Å²) in [5.74, 6) is -0.624. The number of hydrogen-bond donors (Lipinski definition) is 0. The van der Waals surface area contributed by atoms with E-state index in [1.807, 2.05) is 0 Å². The van der Waals surface area contributed by atoms with E-state index in [2.05, 4.69) is 4.42 Å². The summed E-state index contributed by atoms with van der Waals surface area (Å²) < 4.78 is 54.1. The highest BCUT2D eigenvalue weighted by Crippen LogP contribution is 2.36. The standard InChI is InChI=1S/C9H4F4O/c10-5-1-2-6-7(9(11,12)13)4-14-8(6)3-5/h1-4H. The van der Waals surface area contributed by atoms with Crippen LogP contribution in [0.3, 0.4) is 0 Å². The minimum absolute atomic E-state index is 0.0997. The molecule has 0 amide bonds. The Morgan fingerprint density at radius 2 is 1.86 bits per heavy atom. The average molecular weight is 204 g/mol. The Kier molecular flexibility index (Phi) is 1.77. The lowest BCUT2D eigenvalue weighted by atomic mass is 10.2. The molecular formula is C9H4F4O. The van der Waals surface area contributed by atoms with Crippen LogP contribution in [0.15, 0.2) is 28.9 Å². The molecule has 74 valence electrons. The molecule has 2 aromatic rings. The molecule has 14 heavy (non-hydrogen) atoms. The lowest BCUT2D eigenvalue weighted by Crippen LogP contribution is -2.02. The molecule has 0 unspecified atom stereocenters. The van der Waals surface area contributed by atoms with E-state index >= 15 is 0 Å². The smallest absolute Gasteiger partial charge is 0.420 e. The van der Waals surface area contributed by atoms with Crippen molar-refractivity contribution in [2.75, 3.05) is 0 Å². The summed E-state index contributed by atoms with van der Waals surface area (Å²) >= 11 is 0. The third kappa shape index (κ3) is 1.34. The van der Waals surface area contributed by atoms with Crippen molar-refractivity contribution in [2.45, 2.75) is 6.18 Å². The Labute approximate surface area is 75.9 Å². The highest BCUT2D eigenvalue weighted by Gasteiger charge is 2.34. The van der Waals surface area contributed by atoms with Gasteiger partial charge in [0.2, 0.25) is 0 Å². The Balaban J connectivity index is 2.70. The van der Waals surface area contributed by atoms with Crippen molar-refractivity contribution in [3.63, 3.8) is 0 Å². The maximum Gasteiger partial charge on any atom is 0.420 e. The van der Waals surface area contributed by atoms with E-state index in [0.717, 1.165) is 18.2 Å².